The first-order valence-corrected chi connectivity index (χ1v) is 13.0. The second-order valence-corrected chi connectivity index (χ2v) is 10.3. The van der Waals surface area contributed by atoms with E-state index >= 15 is 0 Å². The number of anilines is 1. The van der Waals surface area contributed by atoms with Crippen molar-refractivity contribution in [3.8, 4) is 0 Å². The van der Waals surface area contributed by atoms with Crippen LogP contribution in [0.3, 0.4) is 0 Å². The number of nitrogens with one attached hydrogen (secondary N) is 1. The van der Waals surface area contributed by atoms with Gasteiger partial charge in [0.05, 0.1) is 12.7 Å². The zero-order chi connectivity index (χ0) is 27.1. The number of aromatic nitrogens is 5. The van der Waals surface area contributed by atoms with E-state index in [0.29, 0.717) is 36.9 Å². The summed E-state index contributed by atoms with van der Waals surface area (Å²) in [6.45, 7) is 2.92. The molecule has 3 heterocycles. The van der Waals surface area contributed by atoms with Gasteiger partial charge in [0, 0.05) is 43.4 Å². The van der Waals surface area contributed by atoms with Crippen molar-refractivity contribution >= 4 is 16.9 Å². The fourth-order valence-electron chi connectivity index (χ4n) is 4.84. The zero-order valence-electron chi connectivity index (χ0n) is 21.9. The highest BCUT2D eigenvalue weighted by molar-refractivity contribution is 5.70. The van der Waals surface area contributed by atoms with Gasteiger partial charge in [0.15, 0.2) is 5.65 Å². The molecule has 5 aromatic rings. The Hall–Kier alpha value is -4.47. The van der Waals surface area contributed by atoms with Crippen molar-refractivity contribution in [1.29, 1.82) is 0 Å². The molecule has 1 saturated carbocycles. The minimum absolute atomic E-state index is 0.136. The summed E-state index contributed by atoms with van der Waals surface area (Å²) in [5.74, 6) is 1.33. The van der Waals surface area contributed by atoms with Crippen LogP contribution in [0.2, 0.25) is 0 Å². The first kappa shape index (κ1) is 24.8. The van der Waals surface area contributed by atoms with Crippen LogP contribution < -0.4 is 16.1 Å². The molecule has 1 N–H and O–H groups in total. The molecular weight excluding hydrogens is 499 g/mol. The third-order valence-electron chi connectivity index (χ3n) is 7.34. The lowest BCUT2D eigenvalue weighted by Gasteiger charge is -2.18. The van der Waals surface area contributed by atoms with E-state index in [9.17, 15) is 14.0 Å². The summed E-state index contributed by atoms with van der Waals surface area (Å²) in [4.78, 5) is 36.8. The maximum Gasteiger partial charge on any atom is 0.333 e. The summed E-state index contributed by atoms with van der Waals surface area (Å²) in [7, 11) is 2.01. The average molecular weight is 529 g/mol. The quantitative estimate of drug-likeness (QED) is 0.310. The maximum absolute atomic E-state index is 14.4. The molecule has 1 fully saturated rings. The molecule has 39 heavy (non-hydrogen) atoms. The highest BCUT2D eigenvalue weighted by atomic mass is 19.1. The molecule has 10 heteroatoms. The molecular formula is C29H29FN6O3. The lowest BCUT2D eigenvalue weighted by molar-refractivity contribution is 0.396. The number of H-pyrrole nitrogens is 1. The number of benzene rings is 2. The van der Waals surface area contributed by atoms with Crippen molar-refractivity contribution in [2.45, 2.75) is 45.8 Å². The summed E-state index contributed by atoms with van der Waals surface area (Å²) in [6.07, 6.45) is 4.27. The first-order valence-electron chi connectivity index (χ1n) is 13.0. The van der Waals surface area contributed by atoms with Crippen LogP contribution in [0.25, 0.3) is 11.2 Å². The van der Waals surface area contributed by atoms with E-state index in [2.05, 4.69) is 20.0 Å². The van der Waals surface area contributed by atoms with Gasteiger partial charge in [-0.2, -0.15) is 0 Å². The Kier molecular flexibility index (Phi) is 6.38. The van der Waals surface area contributed by atoms with E-state index in [1.807, 2.05) is 38.2 Å². The largest absolute Gasteiger partial charge is 0.370 e. The van der Waals surface area contributed by atoms with Crippen LogP contribution in [0.1, 0.15) is 41.1 Å². The summed E-state index contributed by atoms with van der Waals surface area (Å²) < 4.78 is 22.2. The van der Waals surface area contributed by atoms with Crippen LogP contribution in [0.15, 0.2) is 68.8 Å². The lowest BCUT2D eigenvalue weighted by Crippen LogP contribution is -2.40. The third-order valence-corrected chi connectivity index (χ3v) is 7.34. The van der Waals surface area contributed by atoms with Gasteiger partial charge in [-0.25, -0.2) is 14.2 Å². The Labute approximate surface area is 223 Å². The normalized spacial score (nSPS) is 13.3. The highest BCUT2D eigenvalue weighted by Gasteiger charge is 2.26. The SMILES string of the molecule is Cc1oncc1CN(C)c1ccc(Cc2nc3c([nH]2)c(=O)n(Cc2ccccc2F)c(=O)n3CC2CC2)cc1. The van der Waals surface area contributed by atoms with Crippen LogP contribution in [0.4, 0.5) is 10.1 Å². The predicted octanol–water partition coefficient (Wildman–Crippen LogP) is 4.01. The van der Waals surface area contributed by atoms with Gasteiger partial charge < -0.3 is 14.4 Å². The van der Waals surface area contributed by atoms with Crippen molar-refractivity contribution < 1.29 is 8.91 Å². The number of aromatic amines is 1. The van der Waals surface area contributed by atoms with Gasteiger partial charge in [0.25, 0.3) is 5.56 Å². The molecule has 1 aliphatic carbocycles. The van der Waals surface area contributed by atoms with Crippen LogP contribution in [-0.2, 0) is 26.1 Å². The molecule has 6 rings (SSSR count). The van der Waals surface area contributed by atoms with Gasteiger partial charge >= 0.3 is 5.69 Å². The number of hydrogen-bond acceptors (Lipinski definition) is 6. The van der Waals surface area contributed by atoms with Gasteiger partial charge in [-0.05, 0) is 49.4 Å². The monoisotopic (exact) mass is 528 g/mol. The molecule has 0 spiro atoms. The number of rotatable bonds is 9. The fourth-order valence-corrected chi connectivity index (χ4v) is 4.84. The minimum atomic E-state index is -0.495. The topological polar surface area (TPSA) is 102 Å². The number of hydrogen-bond donors (Lipinski definition) is 1. The Morgan fingerprint density at radius 1 is 1.08 bits per heavy atom. The van der Waals surface area contributed by atoms with E-state index in [-0.39, 0.29) is 17.6 Å². The number of aryl methyl sites for hydroxylation is 1. The van der Waals surface area contributed by atoms with Crippen molar-refractivity contribution in [2.75, 3.05) is 11.9 Å². The molecule has 0 bridgehead atoms. The second kappa shape index (κ2) is 10.0. The Morgan fingerprint density at radius 3 is 2.54 bits per heavy atom. The lowest BCUT2D eigenvalue weighted by atomic mass is 10.1. The van der Waals surface area contributed by atoms with E-state index in [1.165, 1.54) is 6.07 Å². The molecule has 0 atom stereocenters. The molecule has 0 radical (unpaired) electrons. The molecule has 0 unspecified atom stereocenters. The van der Waals surface area contributed by atoms with Gasteiger partial charge in [0.2, 0.25) is 0 Å². The second-order valence-electron chi connectivity index (χ2n) is 10.3. The van der Waals surface area contributed by atoms with Crippen LogP contribution in [0.5, 0.6) is 0 Å². The molecule has 0 aliphatic heterocycles. The number of fused-ring (bicyclic) bond motifs is 1. The summed E-state index contributed by atoms with van der Waals surface area (Å²) in [6, 6.07) is 14.3. The minimum Gasteiger partial charge on any atom is -0.370 e. The molecule has 3 aromatic heterocycles. The Balaban J connectivity index is 1.29. The summed E-state index contributed by atoms with van der Waals surface area (Å²) >= 11 is 0. The van der Waals surface area contributed by atoms with E-state index in [0.717, 1.165) is 40.0 Å². The highest BCUT2D eigenvalue weighted by Crippen LogP contribution is 2.30. The Bertz CT molecular complexity index is 1760. The number of imidazole rings is 1. The van der Waals surface area contributed by atoms with E-state index in [1.54, 1.807) is 29.0 Å². The van der Waals surface area contributed by atoms with Crippen LogP contribution >= 0.6 is 0 Å². The molecule has 0 saturated heterocycles. The standard InChI is InChI=1S/C29H29FN6O3/c1-18-22(14-31-39-18)16-34(2)23-11-9-19(10-12-23)13-25-32-26-27(33-25)35(15-20-7-8-20)29(38)36(28(26)37)17-21-5-3-4-6-24(21)30/h3-6,9-12,14,20H,7-8,13,15-17H2,1-2H3,(H,32,33). The van der Waals surface area contributed by atoms with Gasteiger partial charge in [-0.3, -0.25) is 13.9 Å². The molecule has 9 nitrogen and oxygen atoms in total. The molecule has 0 amide bonds. The van der Waals surface area contributed by atoms with Gasteiger partial charge in [0.1, 0.15) is 22.9 Å². The Morgan fingerprint density at radius 2 is 1.85 bits per heavy atom. The fraction of sp³-hybridized carbons (Fsp3) is 0.310. The predicted molar refractivity (Wildman–Crippen MR) is 145 cm³/mol. The van der Waals surface area contributed by atoms with Crippen LogP contribution in [0, 0.1) is 18.7 Å². The van der Waals surface area contributed by atoms with E-state index < -0.39 is 17.1 Å². The molecule has 2 aromatic carbocycles. The molecule has 200 valence electrons. The first-order chi connectivity index (χ1) is 18.9. The zero-order valence-corrected chi connectivity index (χ0v) is 21.9. The van der Waals surface area contributed by atoms with Crippen molar-refractivity contribution in [3.63, 3.8) is 0 Å². The van der Waals surface area contributed by atoms with Crippen molar-refractivity contribution in [1.82, 2.24) is 24.3 Å². The molecule has 1 aliphatic rings. The van der Waals surface area contributed by atoms with Gasteiger partial charge in [-0.15, -0.1) is 0 Å². The van der Waals surface area contributed by atoms with Crippen molar-refractivity contribution in [2.24, 2.45) is 5.92 Å². The smallest absolute Gasteiger partial charge is 0.333 e. The average Bonchev–Trinajstić information content (AvgIpc) is 3.52. The number of nitrogens with zero attached hydrogens (tertiary/aromatic N) is 5. The van der Waals surface area contributed by atoms with Crippen molar-refractivity contribution in [3.05, 3.63) is 110 Å². The number of halogens is 1. The van der Waals surface area contributed by atoms with Crippen LogP contribution in [-0.4, -0.2) is 31.3 Å². The maximum atomic E-state index is 14.4. The third kappa shape index (κ3) is 5.01. The summed E-state index contributed by atoms with van der Waals surface area (Å²) in [5, 5.41) is 3.84. The van der Waals surface area contributed by atoms with Gasteiger partial charge in [-0.1, -0.05) is 35.5 Å². The van der Waals surface area contributed by atoms with E-state index in [4.69, 9.17) is 4.52 Å². The summed E-state index contributed by atoms with van der Waals surface area (Å²) in [5.41, 5.74) is 3.04.